The Morgan fingerprint density at radius 1 is 0.821 bits per heavy atom. The fraction of sp³-hybridized carbons (Fsp3) is 0.538. The van der Waals surface area contributed by atoms with Crippen LogP contribution in [0.3, 0.4) is 0 Å². The van der Waals surface area contributed by atoms with E-state index in [2.05, 4.69) is 25.1 Å². The van der Waals surface area contributed by atoms with Gasteiger partial charge in [0, 0.05) is 15.8 Å². The van der Waals surface area contributed by atoms with E-state index in [4.69, 9.17) is 0 Å². The lowest BCUT2D eigenvalue weighted by molar-refractivity contribution is 0.165. The molecule has 0 aliphatic heterocycles. The molecule has 0 unspecified atom stereocenters. The Kier molecular flexibility index (Phi) is 6.35. The van der Waals surface area contributed by atoms with Crippen molar-refractivity contribution in [2.75, 3.05) is 0 Å². The summed E-state index contributed by atoms with van der Waals surface area (Å²) < 4.78 is 14.8. The van der Waals surface area contributed by atoms with E-state index in [1.165, 1.54) is 78.8 Å². The van der Waals surface area contributed by atoms with Gasteiger partial charge in [-0.1, -0.05) is 60.8 Å². The van der Waals surface area contributed by atoms with Crippen molar-refractivity contribution in [3.8, 4) is 11.1 Å². The van der Waals surface area contributed by atoms with Gasteiger partial charge in [-0.25, -0.2) is 4.39 Å². The van der Waals surface area contributed by atoms with Crippen LogP contribution in [0.5, 0.6) is 0 Å². The van der Waals surface area contributed by atoms with Crippen molar-refractivity contribution < 1.29 is 4.39 Å². The van der Waals surface area contributed by atoms with Crippen LogP contribution in [0, 0.1) is 30.5 Å². The maximum Gasteiger partial charge on any atom is 0.131 e. The highest BCUT2D eigenvalue weighted by atomic mass is 28.1. The maximum absolute atomic E-state index is 14.8. The Morgan fingerprint density at radius 3 is 2.00 bits per heavy atom. The fourth-order valence-electron chi connectivity index (χ4n) is 5.74. The second-order valence-electron chi connectivity index (χ2n) is 9.41. The average Bonchev–Trinajstić information content (AvgIpc) is 2.75. The zero-order valence-corrected chi connectivity index (χ0v) is 19.6. The molecule has 2 aliphatic rings. The zero-order valence-electron chi connectivity index (χ0n) is 17.6. The van der Waals surface area contributed by atoms with Crippen LogP contribution >= 0.6 is 0 Å². The van der Waals surface area contributed by atoms with Gasteiger partial charge in [0.15, 0.2) is 0 Å². The van der Waals surface area contributed by atoms with Crippen molar-refractivity contribution in [3.05, 3.63) is 59.4 Å². The summed E-state index contributed by atoms with van der Waals surface area (Å²) in [5.41, 5.74) is 4.13. The van der Waals surface area contributed by atoms with Crippen LogP contribution in [-0.4, -0.2) is 10.2 Å². The summed E-state index contributed by atoms with van der Waals surface area (Å²) in [5, 5.41) is 0. The molecule has 28 heavy (non-hydrogen) atoms. The van der Waals surface area contributed by atoms with Crippen molar-refractivity contribution in [1.82, 2.24) is 0 Å². The van der Waals surface area contributed by atoms with Gasteiger partial charge in [-0.3, -0.25) is 0 Å². The molecule has 2 saturated carbocycles. The van der Waals surface area contributed by atoms with Crippen molar-refractivity contribution in [1.29, 1.82) is 0 Å². The SMILES string of the molecule is Cc1ccc(-c2ccc(C3CCC(C4CCC(C[SiH3])CC4)CC3)cc2F)cc1. The topological polar surface area (TPSA) is 0 Å². The molecule has 2 aromatic carbocycles. The van der Waals surface area contributed by atoms with Crippen molar-refractivity contribution in [3.63, 3.8) is 0 Å². The molecule has 0 bridgehead atoms. The lowest BCUT2D eigenvalue weighted by atomic mass is 9.68. The Labute approximate surface area is 173 Å². The molecule has 150 valence electrons. The first kappa shape index (κ1) is 19.9. The standard InChI is InChI=1S/C26H35FSi/c1-18-2-6-23(7-3-18)25-15-14-24(16-26(25)27)22-12-10-21(11-13-22)20-8-4-19(17-28)5-9-20/h2-3,6-7,14-16,19-22H,4-5,8-13,17H2,1,28H3. The minimum atomic E-state index is -0.0649. The number of halogens is 1. The molecule has 2 aliphatic carbocycles. The highest BCUT2D eigenvalue weighted by molar-refractivity contribution is 6.08. The number of aryl methyl sites for hydroxylation is 1. The van der Waals surface area contributed by atoms with Crippen LogP contribution in [0.2, 0.25) is 6.04 Å². The Morgan fingerprint density at radius 2 is 1.43 bits per heavy atom. The van der Waals surface area contributed by atoms with E-state index in [0.717, 1.165) is 28.9 Å². The molecule has 0 aromatic heterocycles. The normalized spacial score (nSPS) is 28.4. The lowest BCUT2D eigenvalue weighted by Crippen LogP contribution is -2.25. The van der Waals surface area contributed by atoms with Crippen molar-refractivity contribution >= 4 is 10.2 Å². The number of hydrogen-bond donors (Lipinski definition) is 0. The third-order valence-corrected chi connectivity index (χ3v) is 8.89. The minimum absolute atomic E-state index is 0.0649. The quantitative estimate of drug-likeness (QED) is 0.508. The highest BCUT2D eigenvalue weighted by Gasteiger charge is 2.31. The van der Waals surface area contributed by atoms with E-state index in [1.807, 2.05) is 24.3 Å². The molecule has 0 atom stereocenters. The second kappa shape index (κ2) is 8.94. The van der Waals surface area contributed by atoms with Gasteiger partial charge < -0.3 is 0 Å². The molecular weight excluding hydrogens is 359 g/mol. The molecule has 2 aromatic rings. The largest absolute Gasteiger partial charge is 0.206 e. The molecule has 2 fully saturated rings. The van der Waals surface area contributed by atoms with Gasteiger partial charge in [-0.05, 0) is 86.3 Å². The first-order chi connectivity index (χ1) is 13.6. The Bertz CT molecular complexity index is 766. The van der Waals surface area contributed by atoms with E-state index in [9.17, 15) is 4.39 Å². The van der Waals surface area contributed by atoms with Gasteiger partial charge >= 0.3 is 0 Å². The molecule has 2 heteroatoms. The number of rotatable bonds is 4. The summed E-state index contributed by atoms with van der Waals surface area (Å²) in [6, 6.07) is 15.7. The van der Waals surface area contributed by atoms with Crippen LogP contribution in [0.4, 0.5) is 4.39 Å². The molecule has 0 amide bonds. The summed E-state index contributed by atoms with van der Waals surface area (Å²) in [6.07, 6.45) is 11.1. The Balaban J connectivity index is 1.37. The second-order valence-corrected chi connectivity index (χ2v) is 10.2. The zero-order chi connectivity index (χ0) is 19.5. The molecule has 0 saturated heterocycles. The van der Waals surface area contributed by atoms with Crippen LogP contribution in [0.25, 0.3) is 11.1 Å². The van der Waals surface area contributed by atoms with Gasteiger partial charge in [0.1, 0.15) is 5.82 Å². The van der Waals surface area contributed by atoms with E-state index >= 15 is 0 Å². The maximum atomic E-state index is 14.8. The fourth-order valence-corrected chi connectivity index (χ4v) is 6.56. The number of hydrogen-bond acceptors (Lipinski definition) is 0. The first-order valence-electron chi connectivity index (χ1n) is 11.5. The predicted octanol–water partition coefficient (Wildman–Crippen LogP) is 6.67. The van der Waals surface area contributed by atoms with Gasteiger partial charge in [0.2, 0.25) is 0 Å². The monoisotopic (exact) mass is 394 g/mol. The third kappa shape index (κ3) is 4.43. The van der Waals surface area contributed by atoms with Crippen molar-refractivity contribution in [2.45, 2.75) is 70.3 Å². The molecule has 0 nitrogen and oxygen atoms in total. The smallest absolute Gasteiger partial charge is 0.131 e. The summed E-state index contributed by atoms with van der Waals surface area (Å²) in [5.74, 6) is 3.45. The molecular formula is C26H35FSi. The van der Waals surface area contributed by atoms with E-state index < -0.39 is 0 Å². The Hall–Kier alpha value is -1.41. The first-order valence-corrected chi connectivity index (χ1v) is 12.9. The average molecular weight is 395 g/mol. The van der Waals surface area contributed by atoms with Crippen LogP contribution < -0.4 is 0 Å². The molecule has 0 radical (unpaired) electrons. The summed E-state index contributed by atoms with van der Waals surface area (Å²) >= 11 is 0. The van der Waals surface area contributed by atoms with Gasteiger partial charge in [0.05, 0.1) is 0 Å². The van der Waals surface area contributed by atoms with Crippen LogP contribution in [0.1, 0.15) is 68.4 Å². The molecule has 0 spiro atoms. The van der Waals surface area contributed by atoms with E-state index in [1.54, 1.807) is 0 Å². The molecule has 4 rings (SSSR count). The number of benzene rings is 2. The summed E-state index contributed by atoms with van der Waals surface area (Å²) in [7, 11) is 1.37. The van der Waals surface area contributed by atoms with Gasteiger partial charge in [0.25, 0.3) is 0 Å². The highest BCUT2D eigenvalue weighted by Crippen LogP contribution is 2.44. The van der Waals surface area contributed by atoms with Crippen LogP contribution in [-0.2, 0) is 0 Å². The van der Waals surface area contributed by atoms with E-state index in [0.29, 0.717) is 5.92 Å². The molecule has 0 heterocycles. The van der Waals surface area contributed by atoms with Gasteiger partial charge in [-0.2, -0.15) is 0 Å². The predicted molar refractivity (Wildman–Crippen MR) is 121 cm³/mol. The summed E-state index contributed by atoms with van der Waals surface area (Å²) in [6.45, 7) is 2.07. The minimum Gasteiger partial charge on any atom is -0.206 e. The lowest BCUT2D eigenvalue weighted by Gasteiger charge is -2.38. The third-order valence-electron chi connectivity index (χ3n) is 7.73. The molecule has 0 N–H and O–H groups in total. The van der Waals surface area contributed by atoms with Gasteiger partial charge in [-0.15, -0.1) is 0 Å². The van der Waals surface area contributed by atoms with Crippen molar-refractivity contribution in [2.24, 2.45) is 17.8 Å². The summed E-state index contributed by atoms with van der Waals surface area (Å²) in [4.78, 5) is 0. The van der Waals surface area contributed by atoms with Crippen LogP contribution in [0.15, 0.2) is 42.5 Å². The van der Waals surface area contributed by atoms with E-state index in [-0.39, 0.29) is 5.82 Å².